The SMILES string of the molecule is Cc1nc(NCCN2CCCC2=O)cc([C@H]2CN(C)CCO2)n1. The second kappa shape index (κ2) is 7.23. The molecular formula is C16H25N5O2. The first-order valence-corrected chi connectivity index (χ1v) is 8.29. The number of anilines is 1. The molecule has 3 heterocycles. The Kier molecular flexibility index (Phi) is 5.07. The van der Waals surface area contributed by atoms with Crippen LogP contribution in [0.2, 0.25) is 0 Å². The summed E-state index contributed by atoms with van der Waals surface area (Å²) >= 11 is 0. The molecule has 2 aliphatic rings. The van der Waals surface area contributed by atoms with Gasteiger partial charge in [-0.15, -0.1) is 0 Å². The Morgan fingerprint density at radius 3 is 3.00 bits per heavy atom. The first-order valence-electron chi connectivity index (χ1n) is 8.29. The molecule has 23 heavy (non-hydrogen) atoms. The lowest BCUT2D eigenvalue weighted by Gasteiger charge is -2.29. The van der Waals surface area contributed by atoms with Crippen LogP contribution in [0.3, 0.4) is 0 Å². The van der Waals surface area contributed by atoms with Gasteiger partial charge in [-0.3, -0.25) is 4.79 Å². The molecule has 1 atom stereocenters. The first-order chi connectivity index (χ1) is 11.1. The molecule has 0 unspecified atom stereocenters. The van der Waals surface area contributed by atoms with E-state index in [2.05, 4.69) is 27.2 Å². The van der Waals surface area contributed by atoms with Crippen molar-refractivity contribution in [3.63, 3.8) is 0 Å². The molecule has 2 saturated heterocycles. The monoisotopic (exact) mass is 319 g/mol. The third-order valence-corrected chi connectivity index (χ3v) is 4.32. The lowest BCUT2D eigenvalue weighted by molar-refractivity contribution is -0.127. The molecule has 7 nitrogen and oxygen atoms in total. The van der Waals surface area contributed by atoms with Crippen LogP contribution in [0.4, 0.5) is 5.82 Å². The quantitative estimate of drug-likeness (QED) is 0.866. The number of aromatic nitrogens is 2. The summed E-state index contributed by atoms with van der Waals surface area (Å²) in [6, 6.07) is 1.96. The number of likely N-dealkylation sites (tertiary alicyclic amines) is 1. The summed E-state index contributed by atoms with van der Waals surface area (Å²) in [7, 11) is 2.09. The molecule has 3 rings (SSSR count). The van der Waals surface area contributed by atoms with Gasteiger partial charge in [0.1, 0.15) is 17.7 Å². The van der Waals surface area contributed by atoms with Crippen LogP contribution in [0.15, 0.2) is 6.07 Å². The van der Waals surface area contributed by atoms with Crippen molar-refractivity contribution in [2.75, 3.05) is 51.7 Å². The minimum atomic E-state index is -0.00356. The van der Waals surface area contributed by atoms with Crippen molar-refractivity contribution in [2.24, 2.45) is 0 Å². The van der Waals surface area contributed by atoms with Crippen molar-refractivity contribution < 1.29 is 9.53 Å². The Morgan fingerprint density at radius 1 is 1.39 bits per heavy atom. The van der Waals surface area contributed by atoms with Gasteiger partial charge in [-0.05, 0) is 20.4 Å². The van der Waals surface area contributed by atoms with Crippen LogP contribution in [0, 0.1) is 6.92 Å². The van der Waals surface area contributed by atoms with Gasteiger partial charge in [0, 0.05) is 45.2 Å². The number of hydrogen-bond donors (Lipinski definition) is 1. The van der Waals surface area contributed by atoms with E-state index in [0.717, 1.165) is 56.5 Å². The van der Waals surface area contributed by atoms with Crippen LogP contribution in [0.1, 0.15) is 30.5 Å². The van der Waals surface area contributed by atoms with E-state index >= 15 is 0 Å². The molecule has 2 fully saturated rings. The number of carbonyl (C=O) groups is 1. The maximum atomic E-state index is 11.6. The van der Waals surface area contributed by atoms with Crippen LogP contribution in [0.25, 0.3) is 0 Å². The molecule has 0 aliphatic carbocycles. The summed E-state index contributed by atoms with van der Waals surface area (Å²) in [5, 5.41) is 3.31. The molecule has 1 N–H and O–H groups in total. The number of hydrogen-bond acceptors (Lipinski definition) is 6. The number of morpholine rings is 1. The minimum absolute atomic E-state index is 0.00356. The zero-order valence-corrected chi connectivity index (χ0v) is 13.9. The van der Waals surface area contributed by atoms with Gasteiger partial charge < -0.3 is 19.9 Å². The van der Waals surface area contributed by atoms with Crippen LogP contribution in [-0.2, 0) is 9.53 Å². The number of carbonyl (C=O) groups excluding carboxylic acids is 1. The van der Waals surface area contributed by atoms with Crippen LogP contribution < -0.4 is 5.32 Å². The Morgan fingerprint density at radius 2 is 2.26 bits per heavy atom. The van der Waals surface area contributed by atoms with Gasteiger partial charge in [-0.2, -0.15) is 0 Å². The predicted molar refractivity (Wildman–Crippen MR) is 87.3 cm³/mol. The fourth-order valence-electron chi connectivity index (χ4n) is 3.06. The van der Waals surface area contributed by atoms with Crippen molar-refractivity contribution in [1.29, 1.82) is 0 Å². The average Bonchev–Trinajstić information content (AvgIpc) is 2.92. The molecule has 0 bridgehead atoms. The highest BCUT2D eigenvalue weighted by atomic mass is 16.5. The predicted octanol–water partition coefficient (Wildman–Crippen LogP) is 0.822. The number of aryl methyl sites for hydroxylation is 1. The fraction of sp³-hybridized carbons (Fsp3) is 0.688. The standard InChI is InChI=1S/C16H25N5O2/c1-12-18-13(14-11-20(2)8-9-23-14)10-15(19-12)17-5-7-21-6-3-4-16(21)22/h10,14H,3-9,11H2,1-2H3,(H,17,18,19)/t14-/m1/s1. The van der Waals surface area contributed by atoms with Crippen molar-refractivity contribution in [3.8, 4) is 0 Å². The molecule has 126 valence electrons. The van der Waals surface area contributed by atoms with Crippen molar-refractivity contribution in [1.82, 2.24) is 19.8 Å². The van der Waals surface area contributed by atoms with Gasteiger partial charge in [0.25, 0.3) is 0 Å². The van der Waals surface area contributed by atoms with Crippen molar-refractivity contribution >= 4 is 11.7 Å². The minimum Gasteiger partial charge on any atom is -0.369 e. The molecule has 0 saturated carbocycles. The Labute approximate surface area is 137 Å². The summed E-state index contributed by atoms with van der Waals surface area (Å²) in [6.45, 7) is 6.72. The van der Waals surface area contributed by atoms with Gasteiger partial charge in [-0.1, -0.05) is 0 Å². The van der Waals surface area contributed by atoms with Crippen LogP contribution in [0.5, 0.6) is 0 Å². The summed E-state index contributed by atoms with van der Waals surface area (Å²) in [6.07, 6.45) is 1.65. The Hall–Kier alpha value is -1.73. The third kappa shape index (κ3) is 4.17. The molecule has 1 aromatic heterocycles. The third-order valence-electron chi connectivity index (χ3n) is 4.32. The highest BCUT2D eigenvalue weighted by Gasteiger charge is 2.22. The highest BCUT2D eigenvalue weighted by molar-refractivity contribution is 5.78. The normalized spacial score (nSPS) is 22.6. The zero-order valence-electron chi connectivity index (χ0n) is 13.9. The van der Waals surface area contributed by atoms with Gasteiger partial charge >= 0.3 is 0 Å². The molecular weight excluding hydrogens is 294 g/mol. The lowest BCUT2D eigenvalue weighted by Crippen LogP contribution is -2.35. The van der Waals surface area contributed by atoms with E-state index < -0.39 is 0 Å². The van der Waals surface area contributed by atoms with E-state index in [1.54, 1.807) is 0 Å². The van der Waals surface area contributed by atoms with Gasteiger partial charge in [0.05, 0.1) is 12.3 Å². The average molecular weight is 319 g/mol. The summed E-state index contributed by atoms with van der Waals surface area (Å²) < 4.78 is 5.83. The zero-order chi connectivity index (χ0) is 16.2. The molecule has 1 aromatic rings. The number of likely N-dealkylation sites (N-methyl/N-ethyl adjacent to an activating group) is 1. The molecule has 0 radical (unpaired) electrons. The van der Waals surface area contributed by atoms with Gasteiger partial charge in [0.2, 0.25) is 5.91 Å². The summed E-state index contributed by atoms with van der Waals surface area (Å²) in [4.78, 5) is 24.7. The van der Waals surface area contributed by atoms with E-state index in [0.29, 0.717) is 13.0 Å². The second-order valence-corrected chi connectivity index (χ2v) is 6.26. The Balaban J connectivity index is 1.59. The lowest BCUT2D eigenvalue weighted by atomic mass is 10.2. The van der Waals surface area contributed by atoms with E-state index in [4.69, 9.17) is 4.74 Å². The fourth-order valence-corrected chi connectivity index (χ4v) is 3.06. The van der Waals surface area contributed by atoms with E-state index in [1.165, 1.54) is 0 Å². The molecule has 2 aliphatic heterocycles. The summed E-state index contributed by atoms with van der Waals surface area (Å²) in [5.74, 6) is 1.79. The first kappa shape index (κ1) is 16.1. The maximum absolute atomic E-state index is 11.6. The number of ether oxygens (including phenoxy) is 1. The molecule has 0 spiro atoms. The number of amides is 1. The number of nitrogens with one attached hydrogen (secondary N) is 1. The highest BCUT2D eigenvalue weighted by Crippen LogP contribution is 2.21. The Bertz CT molecular complexity index is 565. The molecule has 7 heteroatoms. The topological polar surface area (TPSA) is 70.6 Å². The van der Waals surface area contributed by atoms with Crippen molar-refractivity contribution in [2.45, 2.75) is 25.9 Å². The van der Waals surface area contributed by atoms with Crippen LogP contribution >= 0.6 is 0 Å². The number of rotatable bonds is 5. The van der Waals surface area contributed by atoms with Crippen LogP contribution in [-0.4, -0.2) is 72.1 Å². The van der Waals surface area contributed by atoms with Gasteiger partial charge in [0.15, 0.2) is 0 Å². The van der Waals surface area contributed by atoms with Crippen molar-refractivity contribution in [3.05, 3.63) is 17.6 Å². The molecule has 0 aromatic carbocycles. The second-order valence-electron chi connectivity index (χ2n) is 6.26. The number of nitrogens with zero attached hydrogens (tertiary/aromatic N) is 4. The largest absolute Gasteiger partial charge is 0.369 e. The summed E-state index contributed by atoms with van der Waals surface area (Å²) in [5.41, 5.74) is 0.920. The van der Waals surface area contributed by atoms with Gasteiger partial charge in [-0.25, -0.2) is 9.97 Å². The van der Waals surface area contributed by atoms with E-state index in [1.807, 2.05) is 17.9 Å². The van der Waals surface area contributed by atoms with E-state index in [9.17, 15) is 4.79 Å². The molecule has 1 amide bonds. The van der Waals surface area contributed by atoms with E-state index in [-0.39, 0.29) is 12.0 Å². The maximum Gasteiger partial charge on any atom is 0.222 e. The smallest absolute Gasteiger partial charge is 0.222 e.